The average molecular weight is 392 g/mol. The van der Waals surface area contributed by atoms with Gasteiger partial charge in [0.2, 0.25) is 0 Å². The van der Waals surface area contributed by atoms with Gasteiger partial charge in [-0.15, -0.1) is 0 Å². The third-order valence-electron chi connectivity index (χ3n) is 3.48. The van der Waals surface area contributed by atoms with Crippen molar-refractivity contribution in [2.75, 3.05) is 13.1 Å². The summed E-state index contributed by atoms with van der Waals surface area (Å²) in [5.74, 6) is -3.02. The molecule has 0 aliphatic heterocycles. The Labute approximate surface area is 158 Å². The summed E-state index contributed by atoms with van der Waals surface area (Å²) in [6.07, 6.45) is 2.30. The summed E-state index contributed by atoms with van der Waals surface area (Å²) in [6.45, 7) is 0.789. The molecule has 0 amide bonds. The molecule has 2 atom stereocenters. The number of unbranched alkanes of at least 4 members (excludes halogenated alkanes) is 1. The lowest BCUT2D eigenvalue weighted by Gasteiger charge is -2.10. The maximum Gasteiger partial charge on any atom is 0.330 e. The lowest BCUT2D eigenvalue weighted by atomic mass is 10.1. The lowest BCUT2D eigenvalue weighted by molar-refractivity contribution is -0.163. The Morgan fingerprint density at radius 2 is 1.00 bits per heavy atom. The first-order chi connectivity index (χ1) is 12.3. The van der Waals surface area contributed by atoms with E-state index in [4.69, 9.17) is 22.9 Å². The van der Waals surface area contributed by atoms with Crippen molar-refractivity contribution in [1.29, 1.82) is 0 Å². The maximum atomic E-state index is 11.5. The summed E-state index contributed by atoms with van der Waals surface area (Å²) in [4.78, 5) is 46.1. The number of ether oxygens (including phenoxy) is 2. The van der Waals surface area contributed by atoms with E-state index in [0.29, 0.717) is 51.6 Å². The van der Waals surface area contributed by atoms with Gasteiger partial charge >= 0.3 is 23.9 Å². The van der Waals surface area contributed by atoms with Gasteiger partial charge in [-0.25, -0.2) is 9.59 Å². The van der Waals surface area contributed by atoms with Crippen molar-refractivity contribution in [2.45, 2.75) is 63.5 Å². The number of esters is 4. The summed E-state index contributed by atoms with van der Waals surface area (Å²) in [5, 5.41) is 0. The van der Waals surface area contributed by atoms with Crippen molar-refractivity contribution in [3.63, 3.8) is 0 Å². The number of hydrogen-bond acceptors (Lipinski definition) is 10. The Hall–Kier alpha value is -1.92. The number of carbonyl (C=O) groups excluding carboxylic acids is 4. The van der Waals surface area contributed by atoms with Crippen molar-refractivity contribution >= 4 is 23.9 Å². The number of carbonyl (C=O) groups is 4. The van der Waals surface area contributed by atoms with Crippen LogP contribution in [0.1, 0.15) is 51.4 Å². The molecule has 0 aromatic heterocycles. The smallest absolute Gasteiger partial charge is 0.330 e. The maximum absolute atomic E-state index is 11.5. The molecule has 11 heteroatoms. The molecule has 0 rings (SSSR count). The molecule has 11 nitrogen and oxygen atoms in total. The minimum absolute atomic E-state index is 0. The molecule has 0 fully saturated rings. The molecule has 0 spiro atoms. The van der Waals surface area contributed by atoms with Crippen molar-refractivity contribution in [3.8, 4) is 0 Å². The summed E-state index contributed by atoms with van der Waals surface area (Å²) in [7, 11) is 0. The predicted octanol–water partition coefficient (Wildman–Crippen LogP) is -2.01. The zero-order valence-electron chi connectivity index (χ0n) is 15.5. The van der Waals surface area contributed by atoms with E-state index >= 15 is 0 Å². The molecule has 0 aliphatic carbocycles. The quantitative estimate of drug-likeness (QED) is 0.153. The second-order valence-electron chi connectivity index (χ2n) is 5.87. The Bertz CT molecular complexity index is 432. The van der Waals surface area contributed by atoms with Crippen LogP contribution in [-0.4, -0.2) is 54.5 Å². The van der Waals surface area contributed by atoms with E-state index in [1.807, 2.05) is 0 Å². The topological polar surface area (TPSA) is 222 Å². The molecule has 0 aromatic carbocycles. The molecule has 27 heavy (non-hydrogen) atoms. The number of rotatable bonds is 13. The van der Waals surface area contributed by atoms with Gasteiger partial charge in [0.15, 0.2) is 0 Å². The number of hydrogen-bond donors (Lipinski definition) is 4. The zero-order chi connectivity index (χ0) is 19.9. The third kappa shape index (κ3) is 13.9. The molecular formula is C16H32N4O7. The van der Waals surface area contributed by atoms with Gasteiger partial charge in [-0.3, -0.25) is 9.59 Å². The van der Waals surface area contributed by atoms with Gasteiger partial charge in [0.05, 0.1) is 0 Å². The molecule has 10 N–H and O–H groups in total. The molecule has 0 heterocycles. The summed E-state index contributed by atoms with van der Waals surface area (Å²) in [5.41, 5.74) is 21.7. The fourth-order valence-corrected chi connectivity index (χ4v) is 1.93. The summed E-state index contributed by atoms with van der Waals surface area (Å²) in [6, 6.07) is -1.76. The van der Waals surface area contributed by atoms with Crippen LogP contribution in [0.2, 0.25) is 0 Å². The Morgan fingerprint density at radius 3 is 1.30 bits per heavy atom. The third-order valence-corrected chi connectivity index (χ3v) is 3.48. The molecule has 158 valence electrons. The highest BCUT2D eigenvalue weighted by molar-refractivity contribution is 5.89. The standard InChI is InChI=1S/C16H30N4O6.H2O/c17-9-3-5-11(19)15(23)25-13(21)7-1-2-8-14(22)26-16(24)12(20)6-4-10-18;/h11-12H,1-10,17-20H2;1H2/t11-,12-;/m1./s1. The van der Waals surface area contributed by atoms with Crippen molar-refractivity contribution < 1.29 is 34.1 Å². The molecular weight excluding hydrogens is 360 g/mol. The van der Waals surface area contributed by atoms with Gasteiger partial charge in [-0.05, 0) is 51.6 Å². The van der Waals surface area contributed by atoms with Gasteiger partial charge in [-0.2, -0.15) is 0 Å². The van der Waals surface area contributed by atoms with Crippen LogP contribution in [0.25, 0.3) is 0 Å². The Morgan fingerprint density at radius 1 is 0.667 bits per heavy atom. The van der Waals surface area contributed by atoms with E-state index < -0.39 is 36.0 Å². The molecule has 0 bridgehead atoms. The SMILES string of the molecule is NCCC[C@@H](N)C(=O)OC(=O)CCCCC(=O)OC(=O)[C@H](N)CCCN.O. The van der Waals surface area contributed by atoms with Crippen LogP contribution in [0, 0.1) is 0 Å². The van der Waals surface area contributed by atoms with Crippen LogP contribution in [0.5, 0.6) is 0 Å². The molecule has 0 aliphatic rings. The fourth-order valence-electron chi connectivity index (χ4n) is 1.93. The van der Waals surface area contributed by atoms with Crippen molar-refractivity contribution in [3.05, 3.63) is 0 Å². The molecule has 0 unspecified atom stereocenters. The van der Waals surface area contributed by atoms with Crippen LogP contribution < -0.4 is 22.9 Å². The predicted molar refractivity (Wildman–Crippen MR) is 96.8 cm³/mol. The van der Waals surface area contributed by atoms with Crippen LogP contribution in [0.15, 0.2) is 0 Å². The van der Waals surface area contributed by atoms with Crippen molar-refractivity contribution in [2.24, 2.45) is 22.9 Å². The Balaban J connectivity index is 0. The van der Waals surface area contributed by atoms with E-state index in [9.17, 15) is 19.2 Å². The van der Waals surface area contributed by atoms with E-state index in [1.165, 1.54) is 0 Å². The van der Waals surface area contributed by atoms with Gasteiger partial charge in [0.1, 0.15) is 12.1 Å². The fraction of sp³-hybridized carbons (Fsp3) is 0.750. The largest absolute Gasteiger partial charge is 0.412 e. The van der Waals surface area contributed by atoms with Gasteiger partial charge in [0.25, 0.3) is 0 Å². The first-order valence-electron chi connectivity index (χ1n) is 8.72. The van der Waals surface area contributed by atoms with E-state index in [2.05, 4.69) is 9.47 Å². The van der Waals surface area contributed by atoms with E-state index in [-0.39, 0.29) is 18.3 Å². The van der Waals surface area contributed by atoms with Crippen LogP contribution >= 0.6 is 0 Å². The Kier molecular flexibility index (Phi) is 16.4. The second-order valence-corrected chi connectivity index (χ2v) is 5.87. The lowest BCUT2D eigenvalue weighted by Crippen LogP contribution is -2.34. The average Bonchev–Trinajstić information content (AvgIpc) is 2.60. The van der Waals surface area contributed by atoms with Crippen LogP contribution in [0.4, 0.5) is 0 Å². The number of nitrogens with two attached hydrogens (primary N) is 4. The first-order valence-corrected chi connectivity index (χ1v) is 8.72. The minimum Gasteiger partial charge on any atom is -0.412 e. The minimum atomic E-state index is -0.882. The van der Waals surface area contributed by atoms with Crippen molar-refractivity contribution in [1.82, 2.24) is 0 Å². The van der Waals surface area contributed by atoms with Crippen LogP contribution in [0.3, 0.4) is 0 Å². The molecule has 0 aromatic rings. The van der Waals surface area contributed by atoms with Crippen LogP contribution in [-0.2, 0) is 28.7 Å². The highest BCUT2D eigenvalue weighted by Gasteiger charge is 2.19. The van der Waals surface area contributed by atoms with Gasteiger partial charge in [0, 0.05) is 12.8 Å². The molecule has 0 saturated heterocycles. The second kappa shape index (κ2) is 16.3. The molecule has 0 radical (unpaired) electrons. The summed E-state index contributed by atoms with van der Waals surface area (Å²) >= 11 is 0. The monoisotopic (exact) mass is 392 g/mol. The zero-order valence-corrected chi connectivity index (χ0v) is 15.5. The summed E-state index contributed by atoms with van der Waals surface area (Å²) < 4.78 is 9.22. The highest BCUT2D eigenvalue weighted by atomic mass is 16.6. The first kappa shape index (κ1) is 27.3. The van der Waals surface area contributed by atoms with E-state index in [0.717, 1.165) is 0 Å². The van der Waals surface area contributed by atoms with E-state index in [1.54, 1.807) is 0 Å². The normalized spacial score (nSPS) is 12.4. The van der Waals surface area contributed by atoms with Gasteiger partial charge in [-0.1, -0.05) is 0 Å². The highest BCUT2D eigenvalue weighted by Crippen LogP contribution is 2.06. The van der Waals surface area contributed by atoms with Gasteiger partial charge < -0.3 is 37.9 Å². The molecule has 0 saturated carbocycles.